The van der Waals surface area contributed by atoms with E-state index in [1.54, 1.807) is 24.3 Å². The summed E-state index contributed by atoms with van der Waals surface area (Å²) in [5, 5.41) is 33.5. The summed E-state index contributed by atoms with van der Waals surface area (Å²) in [5.74, 6) is -1.96. The minimum atomic E-state index is -1.28. The molecule has 9 heteroatoms. The van der Waals surface area contributed by atoms with Gasteiger partial charge in [-0.2, -0.15) is 0 Å². The molecule has 0 aromatic rings. The highest BCUT2D eigenvalue weighted by atomic mass is 16.5. The van der Waals surface area contributed by atoms with E-state index in [9.17, 15) is 19.8 Å². The number of hydrogen-bond donors (Lipinski definition) is 3. The third-order valence-corrected chi connectivity index (χ3v) is 3.75. The van der Waals surface area contributed by atoms with Crippen molar-refractivity contribution in [1.82, 2.24) is 10.4 Å². The first kappa shape index (κ1) is 18.2. The molecule has 24 heavy (non-hydrogen) atoms. The quantitative estimate of drug-likeness (QED) is 0.489. The molecule has 2 heterocycles. The summed E-state index contributed by atoms with van der Waals surface area (Å²) in [7, 11) is -1.28. The maximum atomic E-state index is 12.1. The molecular weight excluding hydrogens is 315 g/mol. The van der Waals surface area contributed by atoms with Crippen molar-refractivity contribution >= 4 is 19.0 Å². The van der Waals surface area contributed by atoms with Gasteiger partial charge in [0.1, 0.15) is 0 Å². The standard InChI is InChI=1S/C15H20BN2O6/c19-14(9-11-3-2-7-18(23)8-6-11)17-13-5-1-4-12(10-15(20)21)24-16(13)22/h1-4,7,12-13,22H,5-6,8-10H2,(H,17,19)(H,20,21)/q-1/t12-,13+/m1/s1. The highest BCUT2D eigenvalue weighted by molar-refractivity contribution is 6.45. The molecule has 0 aromatic carbocycles. The molecule has 2 aliphatic heterocycles. The molecule has 0 aliphatic carbocycles. The van der Waals surface area contributed by atoms with Crippen LogP contribution < -0.4 is 5.32 Å². The third kappa shape index (κ3) is 5.84. The number of rotatable bonds is 5. The average Bonchev–Trinajstić information content (AvgIpc) is 2.78. The minimum Gasteiger partial charge on any atom is -0.759 e. The van der Waals surface area contributed by atoms with Crippen LogP contribution in [0.2, 0.25) is 0 Å². The first-order valence-electron chi connectivity index (χ1n) is 7.75. The van der Waals surface area contributed by atoms with Crippen LogP contribution in [0, 0.1) is 5.21 Å². The molecule has 1 amide bonds. The molecule has 0 radical (unpaired) electrons. The molecule has 2 atom stereocenters. The molecule has 0 aromatic heterocycles. The molecule has 0 bridgehead atoms. The number of aliphatic carboxylic acids is 1. The number of carbonyl (C=O) groups excluding carboxylic acids is 1. The number of amides is 1. The van der Waals surface area contributed by atoms with Gasteiger partial charge in [-0.1, -0.05) is 23.8 Å². The topological polar surface area (TPSA) is 122 Å². The van der Waals surface area contributed by atoms with E-state index < -0.39 is 25.1 Å². The van der Waals surface area contributed by atoms with E-state index in [1.807, 2.05) is 0 Å². The minimum absolute atomic E-state index is 0.129. The second-order valence-electron chi connectivity index (χ2n) is 5.73. The fraction of sp³-hybridized carbons (Fsp3) is 0.467. The lowest BCUT2D eigenvalue weighted by Gasteiger charge is -2.24. The van der Waals surface area contributed by atoms with Crippen molar-refractivity contribution in [3.05, 3.63) is 41.3 Å². The highest BCUT2D eigenvalue weighted by Gasteiger charge is 2.32. The summed E-state index contributed by atoms with van der Waals surface area (Å²) in [5.41, 5.74) is 0.824. The van der Waals surface area contributed by atoms with Crippen molar-refractivity contribution in [2.75, 3.05) is 6.54 Å². The maximum absolute atomic E-state index is 12.1. The first-order chi connectivity index (χ1) is 11.4. The van der Waals surface area contributed by atoms with E-state index in [4.69, 9.17) is 9.76 Å². The molecule has 0 fully saturated rings. The van der Waals surface area contributed by atoms with E-state index in [0.29, 0.717) is 19.4 Å². The smallest absolute Gasteiger partial charge is 0.478 e. The van der Waals surface area contributed by atoms with Crippen molar-refractivity contribution in [3.8, 4) is 0 Å². The van der Waals surface area contributed by atoms with Gasteiger partial charge in [-0.05, 0) is 25.1 Å². The Morgan fingerprint density at radius 1 is 1.50 bits per heavy atom. The number of hydrogen-bond acceptors (Lipinski definition) is 6. The van der Waals surface area contributed by atoms with Gasteiger partial charge < -0.3 is 30.4 Å². The van der Waals surface area contributed by atoms with Crippen LogP contribution in [-0.2, 0) is 14.2 Å². The number of carboxylic acids is 1. The van der Waals surface area contributed by atoms with Crippen LogP contribution in [0.25, 0.3) is 0 Å². The fourth-order valence-corrected chi connectivity index (χ4v) is 2.53. The van der Waals surface area contributed by atoms with E-state index in [2.05, 4.69) is 5.32 Å². The third-order valence-electron chi connectivity index (χ3n) is 3.75. The fourth-order valence-electron chi connectivity index (χ4n) is 2.53. The lowest BCUT2D eigenvalue weighted by Crippen LogP contribution is -2.48. The second-order valence-corrected chi connectivity index (χ2v) is 5.73. The van der Waals surface area contributed by atoms with E-state index in [-0.39, 0.29) is 18.7 Å². The lowest BCUT2D eigenvalue weighted by atomic mass is 9.77. The average molecular weight is 335 g/mol. The predicted molar refractivity (Wildman–Crippen MR) is 87.3 cm³/mol. The van der Waals surface area contributed by atoms with Gasteiger partial charge in [0.25, 0.3) is 0 Å². The number of allylic oxidation sites excluding steroid dienone is 2. The Morgan fingerprint density at radius 3 is 3.04 bits per heavy atom. The molecule has 0 spiro atoms. The zero-order chi connectivity index (χ0) is 17.5. The van der Waals surface area contributed by atoms with Crippen LogP contribution in [0.4, 0.5) is 0 Å². The van der Waals surface area contributed by atoms with Crippen LogP contribution in [0.1, 0.15) is 25.7 Å². The molecule has 0 saturated heterocycles. The van der Waals surface area contributed by atoms with Crippen molar-refractivity contribution in [2.45, 2.75) is 37.7 Å². The monoisotopic (exact) mass is 335 g/mol. The summed E-state index contributed by atoms with van der Waals surface area (Å²) < 4.78 is 5.26. The van der Waals surface area contributed by atoms with Gasteiger partial charge in [-0.25, -0.2) is 0 Å². The highest BCUT2D eigenvalue weighted by Crippen LogP contribution is 2.15. The van der Waals surface area contributed by atoms with Gasteiger partial charge in [0.15, 0.2) is 0 Å². The van der Waals surface area contributed by atoms with Crippen molar-refractivity contribution in [2.24, 2.45) is 0 Å². The maximum Gasteiger partial charge on any atom is 0.478 e. The Bertz CT molecular complexity index is 562. The molecule has 2 rings (SSSR count). The van der Waals surface area contributed by atoms with Crippen molar-refractivity contribution in [1.29, 1.82) is 0 Å². The van der Waals surface area contributed by atoms with Gasteiger partial charge in [0, 0.05) is 13.0 Å². The normalized spacial score (nSPS) is 24.2. The number of hydroxylamine groups is 2. The Morgan fingerprint density at radius 2 is 2.29 bits per heavy atom. The van der Waals surface area contributed by atoms with E-state index in [1.165, 1.54) is 6.20 Å². The molecule has 130 valence electrons. The molecule has 2 aliphatic rings. The van der Waals surface area contributed by atoms with Crippen molar-refractivity contribution < 1.29 is 24.4 Å². The summed E-state index contributed by atoms with van der Waals surface area (Å²) in [6.45, 7) is 0.296. The van der Waals surface area contributed by atoms with Gasteiger partial charge in [-0.3, -0.25) is 9.59 Å². The largest absolute Gasteiger partial charge is 0.759 e. The molecule has 3 N–H and O–H groups in total. The van der Waals surface area contributed by atoms with Gasteiger partial charge >= 0.3 is 13.1 Å². The zero-order valence-electron chi connectivity index (χ0n) is 13.1. The van der Waals surface area contributed by atoms with Crippen LogP contribution >= 0.6 is 0 Å². The first-order valence-corrected chi connectivity index (χ1v) is 7.75. The number of nitrogens with zero attached hydrogens (tertiary/aromatic N) is 1. The number of carbonyl (C=O) groups is 2. The summed E-state index contributed by atoms with van der Waals surface area (Å²) in [6.07, 6.45) is 8.00. The SMILES string of the molecule is O=C(O)C[C@H]1C=CC[C@H](NC(=O)CC2=CC=CN([O-])CC2)B(O)O1. The Labute approximate surface area is 140 Å². The molecule has 0 saturated carbocycles. The predicted octanol–water partition coefficient (Wildman–Crippen LogP) is 0.344. The van der Waals surface area contributed by atoms with Crippen LogP contribution in [0.3, 0.4) is 0 Å². The summed E-state index contributed by atoms with van der Waals surface area (Å²) in [6, 6.07) is 0. The number of carboxylic acid groups (broad SMARTS) is 1. The van der Waals surface area contributed by atoms with E-state index in [0.717, 1.165) is 10.6 Å². The molecule has 0 unspecified atom stereocenters. The van der Waals surface area contributed by atoms with Crippen LogP contribution in [0.15, 0.2) is 36.1 Å². The lowest BCUT2D eigenvalue weighted by molar-refractivity contribution is -0.138. The van der Waals surface area contributed by atoms with Crippen LogP contribution in [-0.4, -0.2) is 52.8 Å². The Balaban J connectivity index is 1.85. The second kappa shape index (κ2) is 8.67. The zero-order valence-corrected chi connectivity index (χ0v) is 13.1. The van der Waals surface area contributed by atoms with Gasteiger partial charge in [0.2, 0.25) is 5.91 Å². The Hall–Kier alpha value is -2.10. The van der Waals surface area contributed by atoms with Crippen LogP contribution in [0.5, 0.6) is 0 Å². The summed E-state index contributed by atoms with van der Waals surface area (Å²) >= 11 is 0. The Kier molecular flexibility index (Phi) is 6.59. The number of nitrogens with one attached hydrogen (secondary N) is 1. The molecular formula is C15H20BN2O6-. The van der Waals surface area contributed by atoms with Gasteiger partial charge in [0.05, 0.1) is 18.5 Å². The molecule has 8 nitrogen and oxygen atoms in total. The van der Waals surface area contributed by atoms with Gasteiger partial charge in [-0.15, -0.1) is 0 Å². The summed E-state index contributed by atoms with van der Waals surface area (Å²) in [4.78, 5) is 22.9. The van der Waals surface area contributed by atoms with E-state index >= 15 is 0 Å². The van der Waals surface area contributed by atoms with Crippen molar-refractivity contribution in [3.63, 3.8) is 0 Å².